The van der Waals surface area contributed by atoms with E-state index in [1.54, 1.807) is 24.3 Å². The van der Waals surface area contributed by atoms with Gasteiger partial charge in [0.05, 0.1) is 0 Å². The van der Waals surface area contributed by atoms with Gasteiger partial charge in [-0.3, -0.25) is 29.0 Å². The number of carbonyl (C=O) groups excluding carboxylic acids is 4. The van der Waals surface area contributed by atoms with Crippen LogP contribution in [-0.4, -0.2) is 110 Å². The molecule has 0 radical (unpaired) electrons. The highest BCUT2D eigenvalue weighted by molar-refractivity contribution is 6.26. The number of benzene rings is 4. The van der Waals surface area contributed by atoms with Gasteiger partial charge in [-0.2, -0.15) is 0 Å². The van der Waals surface area contributed by atoms with E-state index < -0.39 is 0 Å². The van der Waals surface area contributed by atoms with Crippen molar-refractivity contribution in [1.29, 1.82) is 0 Å². The van der Waals surface area contributed by atoms with Crippen LogP contribution in [0.2, 0.25) is 0 Å². The van der Waals surface area contributed by atoms with E-state index >= 15 is 0 Å². The first-order valence-electron chi connectivity index (χ1n) is 16.2. The lowest BCUT2D eigenvalue weighted by Crippen LogP contribution is -2.46. The van der Waals surface area contributed by atoms with E-state index in [1.807, 2.05) is 76.5 Å². The number of hydrogen-bond donors (Lipinski definition) is 1. The minimum absolute atomic E-state index is 0.242. The summed E-state index contributed by atoms with van der Waals surface area (Å²) in [6.45, 7) is 8.89. The Bertz CT molecular complexity index is 1670. The molecule has 0 atom stereocenters. The van der Waals surface area contributed by atoms with Crippen LogP contribution in [-0.2, 0) is 0 Å². The summed E-state index contributed by atoms with van der Waals surface area (Å²) in [5, 5.41) is 6.47. The second-order valence-electron chi connectivity index (χ2n) is 11.5. The summed E-state index contributed by atoms with van der Waals surface area (Å²) in [6.07, 6.45) is 0.855. The SMILES string of the molecule is CC.CNCCN(CCCN(C)CCN1C(=O)c2cccc3cccc(c23)C1=O)CCN1C(=O)c2cccc3cccc(c23)C1=O. The molecule has 1 N–H and O–H groups in total. The van der Waals surface area contributed by atoms with Crippen molar-refractivity contribution in [2.45, 2.75) is 20.3 Å². The number of amides is 4. The standard InChI is InChI=1S/C35H37N5O4.C2H6/c1-36-16-19-38(21-23-40-34(43)28-14-5-10-25-11-6-15-29(31(25)28)35(40)44)18-7-17-37(2)20-22-39-32(41)26-12-3-8-24-9-4-13-27(30(24)26)33(39)42;1-2/h3-6,8-15,36H,7,16-23H2,1-2H3;1-2H3. The smallest absolute Gasteiger partial charge is 0.261 e. The topological polar surface area (TPSA) is 93.3 Å². The van der Waals surface area contributed by atoms with Gasteiger partial charge in [-0.05, 0) is 68.6 Å². The maximum Gasteiger partial charge on any atom is 0.261 e. The van der Waals surface area contributed by atoms with Crippen molar-refractivity contribution < 1.29 is 19.2 Å². The molecule has 46 heavy (non-hydrogen) atoms. The zero-order valence-corrected chi connectivity index (χ0v) is 27.2. The van der Waals surface area contributed by atoms with Crippen LogP contribution in [0.4, 0.5) is 0 Å². The number of rotatable bonds is 13. The van der Waals surface area contributed by atoms with Gasteiger partial charge in [-0.1, -0.05) is 62.4 Å². The van der Waals surface area contributed by atoms with Gasteiger partial charge in [0.1, 0.15) is 0 Å². The third-order valence-electron chi connectivity index (χ3n) is 8.75. The predicted molar refractivity (Wildman–Crippen MR) is 182 cm³/mol. The largest absolute Gasteiger partial charge is 0.318 e. The fraction of sp³-hybridized carbons (Fsp3) is 0.351. The Labute approximate surface area is 270 Å². The van der Waals surface area contributed by atoms with Crippen molar-refractivity contribution in [3.8, 4) is 0 Å². The summed E-state index contributed by atoms with van der Waals surface area (Å²) in [5.74, 6) is -0.972. The summed E-state index contributed by atoms with van der Waals surface area (Å²) < 4.78 is 0. The number of imide groups is 2. The van der Waals surface area contributed by atoms with Gasteiger partial charge in [-0.15, -0.1) is 0 Å². The van der Waals surface area contributed by atoms with E-state index in [9.17, 15) is 19.2 Å². The first-order valence-corrected chi connectivity index (χ1v) is 16.2. The Morgan fingerprint density at radius 1 is 0.565 bits per heavy atom. The number of nitrogens with one attached hydrogen (secondary N) is 1. The Balaban J connectivity index is 0.00000204. The van der Waals surface area contributed by atoms with Gasteiger partial charge >= 0.3 is 0 Å². The van der Waals surface area contributed by atoms with Crippen LogP contribution >= 0.6 is 0 Å². The van der Waals surface area contributed by atoms with Crippen LogP contribution < -0.4 is 5.32 Å². The number of likely N-dealkylation sites (N-methyl/N-ethyl adjacent to an activating group) is 2. The van der Waals surface area contributed by atoms with E-state index in [0.29, 0.717) is 48.4 Å². The van der Waals surface area contributed by atoms with Crippen molar-refractivity contribution in [3.05, 3.63) is 95.1 Å². The molecule has 0 aromatic heterocycles. The normalized spacial score (nSPS) is 14.1. The van der Waals surface area contributed by atoms with E-state index in [2.05, 4.69) is 15.1 Å². The molecule has 4 amide bonds. The summed E-state index contributed by atoms with van der Waals surface area (Å²) in [5.41, 5.74) is 2.30. The zero-order valence-electron chi connectivity index (χ0n) is 27.2. The molecule has 0 saturated carbocycles. The Kier molecular flexibility index (Phi) is 10.6. The van der Waals surface area contributed by atoms with Crippen molar-refractivity contribution in [2.24, 2.45) is 0 Å². The van der Waals surface area contributed by atoms with Crippen molar-refractivity contribution in [1.82, 2.24) is 24.9 Å². The van der Waals surface area contributed by atoms with Gasteiger partial charge in [-0.25, -0.2) is 0 Å². The van der Waals surface area contributed by atoms with Gasteiger partial charge < -0.3 is 15.1 Å². The lowest BCUT2D eigenvalue weighted by atomic mass is 9.94. The molecule has 240 valence electrons. The molecule has 0 aliphatic carbocycles. The van der Waals surface area contributed by atoms with E-state index in [1.165, 1.54) is 9.80 Å². The van der Waals surface area contributed by atoms with E-state index in [0.717, 1.165) is 54.1 Å². The molecule has 0 spiro atoms. The highest BCUT2D eigenvalue weighted by Crippen LogP contribution is 2.31. The highest BCUT2D eigenvalue weighted by Gasteiger charge is 2.34. The van der Waals surface area contributed by atoms with Crippen molar-refractivity contribution >= 4 is 45.2 Å². The Morgan fingerprint density at radius 3 is 1.39 bits per heavy atom. The van der Waals surface area contributed by atoms with Crippen molar-refractivity contribution in [3.63, 3.8) is 0 Å². The molecular formula is C37H43N5O4. The predicted octanol–water partition coefficient (Wildman–Crippen LogP) is 4.75. The van der Waals surface area contributed by atoms with Crippen LogP contribution in [0.25, 0.3) is 21.5 Å². The molecule has 4 aromatic carbocycles. The Hall–Kier alpha value is -4.44. The molecule has 0 unspecified atom stereocenters. The summed E-state index contributed by atoms with van der Waals surface area (Å²) in [4.78, 5) is 60.2. The third kappa shape index (κ3) is 6.44. The lowest BCUT2D eigenvalue weighted by Gasteiger charge is -2.31. The molecule has 0 fully saturated rings. The molecule has 2 heterocycles. The zero-order chi connectivity index (χ0) is 32.8. The van der Waals surface area contributed by atoms with Crippen LogP contribution in [0, 0.1) is 0 Å². The average Bonchev–Trinajstić information content (AvgIpc) is 3.08. The van der Waals surface area contributed by atoms with Gasteiger partial charge in [0.15, 0.2) is 0 Å². The van der Waals surface area contributed by atoms with Crippen LogP contribution in [0.3, 0.4) is 0 Å². The van der Waals surface area contributed by atoms with E-state index in [-0.39, 0.29) is 23.6 Å². The second kappa shape index (κ2) is 14.8. The maximum absolute atomic E-state index is 13.3. The van der Waals surface area contributed by atoms with Gasteiger partial charge in [0, 0.05) is 72.3 Å². The first kappa shape index (κ1) is 32.9. The maximum atomic E-state index is 13.3. The molecule has 0 saturated heterocycles. The quantitative estimate of drug-likeness (QED) is 0.215. The highest BCUT2D eigenvalue weighted by atomic mass is 16.2. The van der Waals surface area contributed by atoms with E-state index in [4.69, 9.17) is 0 Å². The fourth-order valence-electron chi connectivity index (χ4n) is 6.36. The first-order chi connectivity index (χ1) is 22.4. The molecule has 2 aliphatic heterocycles. The Morgan fingerprint density at radius 2 is 0.978 bits per heavy atom. The molecule has 9 heteroatoms. The number of nitrogens with zero attached hydrogens (tertiary/aromatic N) is 4. The summed E-state index contributed by atoms with van der Waals surface area (Å²) in [7, 11) is 3.90. The molecule has 9 nitrogen and oxygen atoms in total. The molecule has 2 aliphatic rings. The summed E-state index contributed by atoms with van der Waals surface area (Å²) in [6, 6.07) is 22.3. The van der Waals surface area contributed by atoms with Crippen LogP contribution in [0.1, 0.15) is 61.7 Å². The average molecular weight is 622 g/mol. The molecule has 4 aromatic rings. The van der Waals surface area contributed by atoms with Crippen LogP contribution in [0.15, 0.2) is 72.8 Å². The minimum Gasteiger partial charge on any atom is -0.318 e. The van der Waals surface area contributed by atoms with Gasteiger partial charge in [0.2, 0.25) is 0 Å². The monoisotopic (exact) mass is 621 g/mol. The third-order valence-corrected chi connectivity index (χ3v) is 8.75. The van der Waals surface area contributed by atoms with Crippen molar-refractivity contribution in [2.75, 3.05) is 66.5 Å². The number of hydrogen-bond acceptors (Lipinski definition) is 7. The molecule has 6 rings (SSSR count). The second-order valence-corrected chi connectivity index (χ2v) is 11.5. The summed E-state index contributed by atoms with van der Waals surface area (Å²) >= 11 is 0. The lowest BCUT2D eigenvalue weighted by molar-refractivity contribution is 0.0583. The van der Waals surface area contributed by atoms with Crippen LogP contribution in [0.5, 0.6) is 0 Å². The molecular weight excluding hydrogens is 578 g/mol. The fourth-order valence-corrected chi connectivity index (χ4v) is 6.36. The number of carbonyl (C=O) groups is 4. The molecule has 0 bridgehead atoms. The minimum atomic E-state index is -0.244. The van der Waals surface area contributed by atoms with Gasteiger partial charge in [0.25, 0.3) is 23.6 Å².